The van der Waals surface area contributed by atoms with E-state index >= 15 is 0 Å². The topological polar surface area (TPSA) is 67.9 Å². The van der Waals surface area contributed by atoms with Gasteiger partial charge in [0.1, 0.15) is 11.5 Å². The van der Waals surface area contributed by atoms with Crippen molar-refractivity contribution in [1.29, 1.82) is 0 Å². The molecule has 6 nitrogen and oxygen atoms in total. The molecule has 0 saturated carbocycles. The van der Waals surface area contributed by atoms with E-state index in [0.717, 1.165) is 29.8 Å². The van der Waals surface area contributed by atoms with Crippen molar-refractivity contribution in [2.24, 2.45) is 0 Å². The van der Waals surface area contributed by atoms with Crippen LogP contribution >= 0.6 is 0 Å². The summed E-state index contributed by atoms with van der Waals surface area (Å²) in [6.07, 6.45) is 2.83. The van der Waals surface area contributed by atoms with Gasteiger partial charge in [-0.05, 0) is 49.9 Å². The zero-order valence-electron chi connectivity index (χ0n) is 17.1. The van der Waals surface area contributed by atoms with Gasteiger partial charge in [-0.1, -0.05) is 24.3 Å². The van der Waals surface area contributed by atoms with E-state index in [0.29, 0.717) is 43.9 Å². The van der Waals surface area contributed by atoms with Gasteiger partial charge < -0.3 is 19.7 Å². The Morgan fingerprint density at radius 1 is 1.10 bits per heavy atom. The van der Waals surface area contributed by atoms with Crippen LogP contribution in [-0.4, -0.2) is 38.6 Å². The molecule has 6 heteroatoms. The molecule has 1 aliphatic heterocycles. The molecule has 0 fully saturated rings. The maximum atomic E-state index is 12.8. The number of fused-ring (bicyclic) bond motifs is 1. The number of carbonyl (C=O) groups excluding carboxylic acids is 2. The minimum absolute atomic E-state index is 0.0550. The maximum Gasteiger partial charge on any atom is 0.255 e. The molecule has 29 heavy (non-hydrogen) atoms. The van der Waals surface area contributed by atoms with Crippen molar-refractivity contribution in [2.45, 2.75) is 32.6 Å². The van der Waals surface area contributed by atoms with Crippen molar-refractivity contribution < 1.29 is 19.1 Å². The van der Waals surface area contributed by atoms with Gasteiger partial charge in [0.05, 0.1) is 25.0 Å². The normalized spacial score (nSPS) is 12.8. The number of aryl methyl sites for hydroxylation is 1. The second kappa shape index (κ2) is 9.96. The summed E-state index contributed by atoms with van der Waals surface area (Å²) in [7, 11) is 1.63. The van der Waals surface area contributed by atoms with Crippen LogP contribution in [-0.2, 0) is 11.2 Å². The lowest BCUT2D eigenvalue weighted by molar-refractivity contribution is -0.118. The number of benzene rings is 2. The number of hydrogen-bond donors (Lipinski definition) is 1. The van der Waals surface area contributed by atoms with E-state index in [1.54, 1.807) is 19.2 Å². The van der Waals surface area contributed by atoms with E-state index in [4.69, 9.17) is 9.47 Å². The molecule has 0 radical (unpaired) electrons. The lowest BCUT2D eigenvalue weighted by Gasteiger charge is -2.31. The van der Waals surface area contributed by atoms with Crippen molar-refractivity contribution in [3.63, 3.8) is 0 Å². The Labute approximate surface area is 171 Å². The first-order valence-electron chi connectivity index (χ1n) is 10.1. The van der Waals surface area contributed by atoms with Gasteiger partial charge in [-0.2, -0.15) is 0 Å². The molecule has 1 heterocycles. The molecule has 0 aliphatic carbocycles. The molecule has 0 saturated heterocycles. The SMILES string of the molecule is CCOc1ccccc1C(=O)NCCCC(=O)N1CCCc2cccc(OC)c21. The zero-order chi connectivity index (χ0) is 20.6. The number of hydrogen-bond acceptors (Lipinski definition) is 4. The Kier molecular flexibility index (Phi) is 7.11. The van der Waals surface area contributed by atoms with Gasteiger partial charge >= 0.3 is 0 Å². The predicted molar refractivity (Wildman–Crippen MR) is 113 cm³/mol. The quantitative estimate of drug-likeness (QED) is 0.693. The van der Waals surface area contributed by atoms with Crippen LogP contribution in [0.4, 0.5) is 5.69 Å². The zero-order valence-corrected chi connectivity index (χ0v) is 17.1. The van der Waals surface area contributed by atoms with Crippen LogP contribution in [0.5, 0.6) is 11.5 Å². The second-order valence-corrected chi connectivity index (χ2v) is 6.91. The van der Waals surface area contributed by atoms with Crippen LogP contribution < -0.4 is 19.7 Å². The van der Waals surface area contributed by atoms with Crippen LogP contribution in [0.15, 0.2) is 42.5 Å². The summed E-state index contributed by atoms with van der Waals surface area (Å²) < 4.78 is 11.0. The average Bonchev–Trinajstić information content (AvgIpc) is 2.76. The van der Waals surface area contributed by atoms with E-state index in [1.165, 1.54) is 0 Å². The Balaban J connectivity index is 1.55. The highest BCUT2D eigenvalue weighted by Gasteiger charge is 2.25. The first kappa shape index (κ1) is 20.7. The van der Waals surface area contributed by atoms with Crippen molar-refractivity contribution in [1.82, 2.24) is 5.32 Å². The molecule has 1 aliphatic rings. The van der Waals surface area contributed by atoms with Crippen LogP contribution in [0.2, 0.25) is 0 Å². The standard InChI is InChI=1S/C23H28N2O4/c1-3-29-19-12-5-4-11-18(19)23(27)24-15-7-14-21(26)25-16-8-10-17-9-6-13-20(28-2)22(17)25/h4-6,9,11-13H,3,7-8,10,14-16H2,1-2H3,(H,24,27). The summed E-state index contributed by atoms with van der Waals surface area (Å²) in [5.74, 6) is 1.17. The number of anilines is 1. The van der Waals surface area contributed by atoms with Crippen LogP contribution in [0, 0.1) is 0 Å². The van der Waals surface area contributed by atoms with Gasteiger partial charge in [-0.15, -0.1) is 0 Å². The number of rotatable bonds is 8. The minimum Gasteiger partial charge on any atom is -0.495 e. The third-order valence-electron chi connectivity index (χ3n) is 4.99. The van der Waals surface area contributed by atoms with Gasteiger partial charge in [-0.25, -0.2) is 0 Å². The van der Waals surface area contributed by atoms with Crippen molar-refractivity contribution in [2.75, 3.05) is 31.7 Å². The van der Waals surface area contributed by atoms with E-state index < -0.39 is 0 Å². The van der Waals surface area contributed by atoms with Crippen molar-refractivity contribution in [3.8, 4) is 11.5 Å². The third kappa shape index (κ3) is 4.88. The van der Waals surface area contributed by atoms with E-state index in [1.807, 2.05) is 42.2 Å². The van der Waals surface area contributed by atoms with E-state index in [9.17, 15) is 9.59 Å². The van der Waals surface area contributed by atoms with Gasteiger partial charge in [0.25, 0.3) is 5.91 Å². The molecule has 154 valence electrons. The Morgan fingerprint density at radius 3 is 2.69 bits per heavy atom. The third-order valence-corrected chi connectivity index (χ3v) is 4.99. The molecular formula is C23H28N2O4. The largest absolute Gasteiger partial charge is 0.495 e. The van der Waals surface area contributed by atoms with Crippen molar-refractivity contribution in [3.05, 3.63) is 53.6 Å². The average molecular weight is 396 g/mol. The highest BCUT2D eigenvalue weighted by Crippen LogP contribution is 2.36. The summed E-state index contributed by atoms with van der Waals surface area (Å²) in [5, 5.41) is 2.88. The van der Waals surface area contributed by atoms with Gasteiger partial charge in [0.15, 0.2) is 0 Å². The lowest BCUT2D eigenvalue weighted by atomic mass is 10.0. The molecule has 0 unspecified atom stereocenters. The molecule has 0 bridgehead atoms. The number of nitrogens with one attached hydrogen (secondary N) is 1. The Morgan fingerprint density at radius 2 is 1.90 bits per heavy atom. The Hall–Kier alpha value is -3.02. The first-order chi connectivity index (χ1) is 14.2. The molecule has 2 amide bonds. The highest BCUT2D eigenvalue weighted by molar-refractivity contribution is 5.97. The number of methoxy groups -OCH3 is 1. The lowest BCUT2D eigenvalue weighted by Crippen LogP contribution is -2.36. The highest BCUT2D eigenvalue weighted by atomic mass is 16.5. The minimum atomic E-state index is -0.188. The van der Waals surface area contributed by atoms with Crippen molar-refractivity contribution >= 4 is 17.5 Å². The second-order valence-electron chi connectivity index (χ2n) is 6.91. The number of ether oxygens (including phenoxy) is 2. The van der Waals surface area contributed by atoms with Gasteiger partial charge in [0, 0.05) is 19.5 Å². The van der Waals surface area contributed by atoms with Crippen LogP contribution in [0.1, 0.15) is 42.1 Å². The van der Waals surface area contributed by atoms with Crippen LogP contribution in [0.25, 0.3) is 0 Å². The molecule has 2 aromatic rings. The van der Waals surface area contributed by atoms with Crippen LogP contribution in [0.3, 0.4) is 0 Å². The van der Waals surface area contributed by atoms with Gasteiger partial charge in [0.2, 0.25) is 5.91 Å². The first-order valence-corrected chi connectivity index (χ1v) is 10.1. The molecule has 0 aromatic heterocycles. The summed E-state index contributed by atoms with van der Waals surface area (Å²) in [6, 6.07) is 13.1. The maximum absolute atomic E-state index is 12.8. The predicted octanol–water partition coefficient (Wildman–Crippen LogP) is 3.58. The summed E-state index contributed by atoms with van der Waals surface area (Å²) >= 11 is 0. The molecule has 3 rings (SSSR count). The fourth-order valence-electron chi connectivity index (χ4n) is 3.64. The monoisotopic (exact) mass is 396 g/mol. The summed E-state index contributed by atoms with van der Waals surface area (Å²) in [4.78, 5) is 27.1. The number of nitrogens with zero attached hydrogens (tertiary/aromatic N) is 1. The van der Waals surface area contributed by atoms with Gasteiger partial charge in [-0.3, -0.25) is 9.59 Å². The molecule has 1 N–H and O–H groups in total. The summed E-state index contributed by atoms with van der Waals surface area (Å²) in [6.45, 7) is 3.51. The Bertz CT molecular complexity index is 851. The fourth-order valence-corrected chi connectivity index (χ4v) is 3.64. The van der Waals surface area contributed by atoms with E-state index in [2.05, 4.69) is 5.32 Å². The van der Waals surface area contributed by atoms with E-state index in [-0.39, 0.29) is 11.8 Å². The molecule has 0 atom stereocenters. The molecular weight excluding hydrogens is 368 g/mol. The number of para-hydroxylation sites is 2. The fraction of sp³-hybridized carbons (Fsp3) is 0.391. The number of carbonyl (C=O) groups is 2. The number of amides is 2. The summed E-state index contributed by atoms with van der Waals surface area (Å²) in [5.41, 5.74) is 2.54. The molecule has 2 aromatic carbocycles. The molecule has 0 spiro atoms. The smallest absolute Gasteiger partial charge is 0.255 e.